The first-order valence-electron chi connectivity index (χ1n) is 8.30. The molecule has 0 unspecified atom stereocenters. The van der Waals surface area contributed by atoms with E-state index in [9.17, 15) is 8.78 Å². The number of aliphatic imine (C=N–C) groups is 1. The lowest BCUT2D eigenvalue weighted by atomic mass is 10.1. The molecule has 0 aliphatic heterocycles. The summed E-state index contributed by atoms with van der Waals surface area (Å²) in [6.45, 7) is 2.76. The fourth-order valence-corrected chi connectivity index (χ4v) is 2.41. The molecule has 0 saturated carbocycles. The maximum absolute atomic E-state index is 13.6. The van der Waals surface area contributed by atoms with Crippen LogP contribution in [-0.2, 0) is 6.42 Å². The molecule has 0 saturated heterocycles. The van der Waals surface area contributed by atoms with Crippen LogP contribution in [-0.4, -0.2) is 33.3 Å². The molecule has 8 heteroatoms. The Morgan fingerprint density at radius 2 is 1.81 bits per heavy atom. The Morgan fingerprint density at radius 1 is 1.11 bits per heavy atom. The van der Waals surface area contributed by atoms with E-state index in [4.69, 9.17) is 9.47 Å². The number of nitrogens with zero attached hydrogens (tertiary/aromatic N) is 1. The number of hydrogen-bond acceptors (Lipinski definition) is 3. The van der Waals surface area contributed by atoms with Gasteiger partial charge in [-0.2, -0.15) is 0 Å². The second-order valence-electron chi connectivity index (χ2n) is 5.37. The molecule has 0 heterocycles. The summed E-state index contributed by atoms with van der Waals surface area (Å²) >= 11 is 0. The molecule has 2 aromatic rings. The van der Waals surface area contributed by atoms with Crippen LogP contribution >= 0.6 is 24.0 Å². The van der Waals surface area contributed by atoms with Gasteiger partial charge in [0.05, 0.1) is 13.7 Å². The Kier molecular flexibility index (Phi) is 9.84. The van der Waals surface area contributed by atoms with E-state index in [1.54, 1.807) is 26.3 Å². The largest absolute Gasteiger partial charge is 0.493 e. The Morgan fingerprint density at radius 3 is 2.41 bits per heavy atom. The van der Waals surface area contributed by atoms with Crippen LogP contribution in [0.25, 0.3) is 0 Å². The van der Waals surface area contributed by atoms with Crippen LogP contribution in [0.15, 0.2) is 41.4 Å². The highest BCUT2D eigenvalue weighted by molar-refractivity contribution is 14.0. The zero-order chi connectivity index (χ0) is 18.9. The second kappa shape index (κ2) is 11.6. The number of nitrogens with one attached hydrogen (secondary N) is 2. The number of ether oxygens (including phenoxy) is 2. The first-order valence-corrected chi connectivity index (χ1v) is 8.30. The molecule has 0 aliphatic rings. The molecule has 0 atom stereocenters. The third-order valence-corrected chi connectivity index (χ3v) is 3.68. The average molecular weight is 491 g/mol. The van der Waals surface area contributed by atoms with Crippen LogP contribution in [0.5, 0.6) is 11.5 Å². The molecule has 0 amide bonds. The summed E-state index contributed by atoms with van der Waals surface area (Å²) in [5.41, 5.74) is 0.800. The topological polar surface area (TPSA) is 54.9 Å². The zero-order valence-electron chi connectivity index (χ0n) is 15.5. The van der Waals surface area contributed by atoms with Crippen molar-refractivity contribution in [3.63, 3.8) is 0 Å². The summed E-state index contributed by atoms with van der Waals surface area (Å²) in [6, 6.07) is 9.26. The smallest absolute Gasteiger partial charge is 0.195 e. The van der Waals surface area contributed by atoms with Crippen LogP contribution in [0.3, 0.4) is 0 Å². The fourth-order valence-electron chi connectivity index (χ4n) is 2.41. The number of anilines is 1. The first kappa shape index (κ1) is 22.9. The van der Waals surface area contributed by atoms with E-state index < -0.39 is 11.6 Å². The average Bonchev–Trinajstić information content (AvgIpc) is 2.64. The first-order chi connectivity index (χ1) is 12.6. The monoisotopic (exact) mass is 491 g/mol. The van der Waals surface area contributed by atoms with Crippen molar-refractivity contribution in [2.45, 2.75) is 13.3 Å². The molecular weight excluding hydrogens is 467 g/mol. The van der Waals surface area contributed by atoms with Gasteiger partial charge >= 0.3 is 0 Å². The van der Waals surface area contributed by atoms with Gasteiger partial charge in [0.15, 0.2) is 17.5 Å². The highest BCUT2D eigenvalue weighted by Gasteiger charge is 2.09. The molecule has 27 heavy (non-hydrogen) atoms. The van der Waals surface area contributed by atoms with Gasteiger partial charge in [0.2, 0.25) is 0 Å². The minimum absolute atomic E-state index is 0. The maximum atomic E-state index is 13.6. The lowest BCUT2D eigenvalue weighted by Gasteiger charge is -2.15. The van der Waals surface area contributed by atoms with E-state index in [1.807, 2.05) is 13.0 Å². The van der Waals surface area contributed by atoms with E-state index in [0.29, 0.717) is 30.6 Å². The molecular formula is C19H24F2IN3O2. The van der Waals surface area contributed by atoms with Crippen LogP contribution in [0.4, 0.5) is 14.5 Å². The summed E-state index contributed by atoms with van der Waals surface area (Å²) in [4.78, 5) is 4.11. The number of hydrogen-bond donors (Lipinski definition) is 2. The van der Waals surface area contributed by atoms with Crippen molar-refractivity contribution in [1.29, 1.82) is 0 Å². The molecule has 2 N–H and O–H groups in total. The van der Waals surface area contributed by atoms with Crippen molar-refractivity contribution in [2.24, 2.45) is 4.99 Å². The molecule has 0 aromatic heterocycles. The third kappa shape index (κ3) is 6.53. The van der Waals surface area contributed by atoms with Crippen LogP contribution in [0.1, 0.15) is 12.5 Å². The molecule has 0 aliphatic carbocycles. The Labute approximate surface area is 175 Å². The summed E-state index contributed by atoms with van der Waals surface area (Å²) in [5, 5.41) is 6.14. The summed E-state index contributed by atoms with van der Waals surface area (Å²) < 4.78 is 38.1. The van der Waals surface area contributed by atoms with E-state index in [0.717, 1.165) is 5.69 Å². The minimum Gasteiger partial charge on any atom is -0.493 e. The van der Waals surface area contributed by atoms with Crippen molar-refractivity contribution in [1.82, 2.24) is 5.32 Å². The number of rotatable bonds is 7. The molecule has 0 spiro atoms. The molecule has 0 radical (unpaired) electrons. The van der Waals surface area contributed by atoms with Gasteiger partial charge < -0.3 is 20.1 Å². The SMILES string of the molecule is CCOc1ccc(NC(=NC)NCCc2c(F)cccc2F)cc1OC.I. The van der Waals surface area contributed by atoms with Crippen molar-refractivity contribution < 1.29 is 18.3 Å². The van der Waals surface area contributed by atoms with Gasteiger partial charge in [-0.25, -0.2) is 8.78 Å². The summed E-state index contributed by atoms with van der Waals surface area (Å²) in [7, 11) is 3.18. The molecule has 148 valence electrons. The van der Waals surface area contributed by atoms with Crippen molar-refractivity contribution >= 4 is 35.6 Å². The van der Waals surface area contributed by atoms with Crippen molar-refractivity contribution in [3.8, 4) is 11.5 Å². The van der Waals surface area contributed by atoms with Gasteiger partial charge in [-0.1, -0.05) is 6.07 Å². The van der Waals surface area contributed by atoms with E-state index in [2.05, 4.69) is 15.6 Å². The Balaban J connectivity index is 0.00000364. The normalized spacial score (nSPS) is 10.8. The maximum Gasteiger partial charge on any atom is 0.195 e. The fraction of sp³-hybridized carbons (Fsp3) is 0.316. The number of guanidine groups is 1. The van der Waals surface area contributed by atoms with Crippen molar-refractivity contribution in [3.05, 3.63) is 53.6 Å². The Bertz CT molecular complexity index is 752. The van der Waals surface area contributed by atoms with Crippen LogP contribution in [0.2, 0.25) is 0 Å². The lowest BCUT2D eigenvalue weighted by Crippen LogP contribution is -2.32. The summed E-state index contributed by atoms with van der Waals surface area (Å²) in [5.74, 6) is 0.629. The van der Waals surface area contributed by atoms with Crippen LogP contribution < -0.4 is 20.1 Å². The van der Waals surface area contributed by atoms with Gasteiger partial charge in [0.1, 0.15) is 11.6 Å². The molecule has 2 rings (SSSR count). The second-order valence-corrected chi connectivity index (χ2v) is 5.37. The van der Waals surface area contributed by atoms with E-state index >= 15 is 0 Å². The summed E-state index contributed by atoms with van der Waals surface area (Å²) in [6.07, 6.45) is 0.200. The lowest BCUT2D eigenvalue weighted by molar-refractivity contribution is 0.311. The zero-order valence-corrected chi connectivity index (χ0v) is 17.8. The molecule has 0 bridgehead atoms. The third-order valence-electron chi connectivity index (χ3n) is 3.68. The quantitative estimate of drug-likeness (QED) is 0.346. The molecule has 0 fully saturated rings. The standard InChI is InChI=1S/C19H23F2N3O2.HI/c1-4-26-17-9-8-13(12-18(17)25-3)24-19(22-2)23-11-10-14-15(20)6-5-7-16(14)21;/h5-9,12H,4,10-11H2,1-3H3,(H2,22,23,24);1H. The number of benzene rings is 2. The Hall–Kier alpha value is -2.10. The molecule has 5 nitrogen and oxygen atoms in total. The predicted molar refractivity (Wildman–Crippen MR) is 115 cm³/mol. The molecule has 2 aromatic carbocycles. The highest BCUT2D eigenvalue weighted by Crippen LogP contribution is 2.30. The number of methoxy groups -OCH3 is 1. The minimum atomic E-state index is -0.550. The van der Waals surface area contributed by atoms with E-state index in [-0.39, 0.29) is 36.0 Å². The number of halogens is 3. The van der Waals surface area contributed by atoms with Gasteiger partial charge in [0.25, 0.3) is 0 Å². The van der Waals surface area contributed by atoms with Crippen LogP contribution in [0, 0.1) is 11.6 Å². The van der Waals surface area contributed by atoms with Crippen molar-refractivity contribution in [2.75, 3.05) is 32.6 Å². The van der Waals surface area contributed by atoms with Gasteiger partial charge in [-0.15, -0.1) is 24.0 Å². The predicted octanol–water partition coefficient (Wildman–Crippen LogP) is 4.22. The van der Waals surface area contributed by atoms with E-state index in [1.165, 1.54) is 18.2 Å². The highest BCUT2D eigenvalue weighted by atomic mass is 127. The van der Waals surface area contributed by atoms with Gasteiger partial charge in [0, 0.05) is 30.9 Å². The van der Waals surface area contributed by atoms with Gasteiger partial charge in [-0.05, 0) is 37.6 Å². The van der Waals surface area contributed by atoms with Gasteiger partial charge in [-0.3, -0.25) is 4.99 Å².